The monoisotopic (exact) mass is 455 g/mol. The molecule has 0 aliphatic carbocycles. The number of piperazine rings is 1. The van der Waals surface area contributed by atoms with E-state index in [1.165, 1.54) is 10.4 Å². The highest BCUT2D eigenvalue weighted by Gasteiger charge is 2.31. The minimum absolute atomic E-state index is 0.115. The fraction of sp³-hybridized carbons (Fsp3) is 0.350. The first kappa shape index (κ1) is 22.1. The molecular formula is C20H23Cl2N3O3S. The molecule has 0 saturated carbocycles. The van der Waals surface area contributed by atoms with Crippen molar-refractivity contribution in [3.05, 3.63) is 64.1 Å². The first-order valence-corrected chi connectivity index (χ1v) is 11.5. The SMILES string of the molecule is CC(C(=O)NCc1ccccc1Cl)N1CCN(S(=O)(=O)c2cccc(Cl)c2)CC1. The number of rotatable bonds is 6. The van der Waals surface area contributed by atoms with Gasteiger partial charge in [0.2, 0.25) is 15.9 Å². The maximum absolute atomic E-state index is 12.8. The summed E-state index contributed by atoms with van der Waals surface area (Å²) in [5, 5.41) is 3.89. The van der Waals surface area contributed by atoms with Gasteiger partial charge in [-0.2, -0.15) is 4.31 Å². The molecule has 1 aliphatic rings. The molecule has 29 heavy (non-hydrogen) atoms. The second-order valence-corrected chi connectivity index (χ2v) is 9.66. The van der Waals surface area contributed by atoms with Crippen LogP contribution in [0.3, 0.4) is 0 Å². The van der Waals surface area contributed by atoms with Gasteiger partial charge in [-0.3, -0.25) is 9.69 Å². The van der Waals surface area contributed by atoms with E-state index in [-0.39, 0.29) is 16.8 Å². The van der Waals surface area contributed by atoms with Gasteiger partial charge in [-0.1, -0.05) is 47.5 Å². The van der Waals surface area contributed by atoms with Gasteiger partial charge in [0.05, 0.1) is 10.9 Å². The van der Waals surface area contributed by atoms with Gasteiger partial charge in [0.25, 0.3) is 0 Å². The molecule has 9 heteroatoms. The van der Waals surface area contributed by atoms with E-state index < -0.39 is 10.0 Å². The Morgan fingerprint density at radius 1 is 1.07 bits per heavy atom. The number of carbonyl (C=O) groups is 1. The van der Waals surface area contributed by atoms with Gasteiger partial charge in [0, 0.05) is 42.8 Å². The summed E-state index contributed by atoms with van der Waals surface area (Å²) in [6.45, 7) is 3.75. The van der Waals surface area contributed by atoms with E-state index >= 15 is 0 Å². The first-order chi connectivity index (χ1) is 13.8. The molecule has 1 N–H and O–H groups in total. The smallest absolute Gasteiger partial charge is 0.243 e. The van der Waals surface area contributed by atoms with Gasteiger partial charge < -0.3 is 5.32 Å². The lowest BCUT2D eigenvalue weighted by Crippen LogP contribution is -2.54. The molecule has 1 saturated heterocycles. The van der Waals surface area contributed by atoms with Crippen molar-refractivity contribution in [2.45, 2.75) is 24.4 Å². The van der Waals surface area contributed by atoms with E-state index in [0.29, 0.717) is 42.8 Å². The minimum atomic E-state index is -3.60. The van der Waals surface area contributed by atoms with E-state index in [4.69, 9.17) is 23.2 Å². The second-order valence-electron chi connectivity index (χ2n) is 6.88. The van der Waals surface area contributed by atoms with Gasteiger partial charge in [-0.15, -0.1) is 0 Å². The van der Waals surface area contributed by atoms with Gasteiger partial charge in [0.15, 0.2) is 0 Å². The van der Waals surface area contributed by atoms with Crippen LogP contribution in [0, 0.1) is 0 Å². The van der Waals surface area contributed by atoms with Crippen LogP contribution in [-0.2, 0) is 21.4 Å². The van der Waals surface area contributed by atoms with Gasteiger partial charge in [0.1, 0.15) is 0 Å². The number of sulfonamides is 1. The average Bonchev–Trinajstić information content (AvgIpc) is 2.72. The number of benzene rings is 2. The summed E-state index contributed by atoms with van der Waals surface area (Å²) in [6.07, 6.45) is 0. The molecule has 0 radical (unpaired) electrons. The Morgan fingerprint density at radius 3 is 2.41 bits per heavy atom. The standard InChI is InChI=1S/C20H23Cl2N3O3S/c1-15(20(26)23-14-16-5-2-3-8-19(16)22)24-9-11-25(12-10-24)29(27,28)18-7-4-6-17(21)13-18/h2-8,13,15H,9-12,14H2,1H3,(H,23,26). The van der Waals surface area contributed by atoms with Crippen LogP contribution in [0.15, 0.2) is 53.4 Å². The Balaban J connectivity index is 1.55. The molecular weight excluding hydrogens is 433 g/mol. The summed E-state index contributed by atoms with van der Waals surface area (Å²) in [5.41, 5.74) is 0.854. The Hall–Kier alpha value is -1.64. The fourth-order valence-electron chi connectivity index (χ4n) is 3.25. The molecule has 0 bridgehead atoms. The molecule has 1 fully saturated rings. The zero-order chi connectivity index (χ0) is 21.0. The quantitative estimate of drug-likeness (QED) is 0.726. The molecule has 0 aromatic heterocycles. The zero-order valence-electron chi connectivity index (χ0n) is 16.0. The van der Waals surface area contributed by atoms with Crippen molar-refractivity contribution in [3.63, 3.8) is 0 Å². The molecule has 1 atom stereocenters. The van der Waals surface area contributed by atoms with E-state index in [9.17, 15) is 13.2 Å². The van der Waals surface area contributed by atoms with E-state index in [1.54, 1.807) is 24.3 Å². The van der Waals surface area contributed by atoms with Crippen molar-refractivity contribution in [3.8, 4) is 0 Å². The molecule has 3 rings (SSSR count). The van der Waals surface area contributed by atoms with Gasteiger partial charge in [-0.05, 0) is 36.8 Å². The van der Waals surface area contributed by atoms with Crippen molar-refractivity contribution >= 4 is 39.1 Å². The highest BCUT2D eigenvalue weighted by Crippen LogP contribution is 2.21. The number of hydrogen-bond donors (Lipinski definition) is 1. The normalized spacial score (nSPS) is 17.1. The average molecular weight is 456 g/mol. The van der Waals surface area contributed by atoms with Crippen LogP contribution in [0.2, 0.25) is 10.0 Å². The third-order valence-electron chi connectivity index (χ3n) is 5.05. The molecule has 1 unspecified atom stereocenters. The number of halogens is 2. The van der Waals surface area contributed by atoms with Crippen LogP contribution in [0.4, 0.5) is 0 Å². The summed E-state index contributed by atoms with van der Waals surface area (Å²) in [4.78, 5) is 14.7. The lowest BCUT2D eigenvalue weighted by atomic mass is 10.2. The maximum Gasteiger partial charge on any atom is 0.243 e. The van der Waals surface area contributed by atoms with Crippen LogP contribution in [-0.4, -0.2) is 55.8 Å². The van der Waals surface area contributed by atoms with Crippen molar-refractivity contribution in [1.82, 2.24) is 14.5 Å². The van der Waals surface area contributed by atoms with Crippen molar-refractivity contribution < 1.29 is 13.2 Å². The summed E-state index contributed by atoms with van der Waals surface area (Å²) >= 11 is 12.1. The van der Waals surface area contributed by atoms with E-state index in [2.05, 4.69) is 5.32 Å². The molecule has 1 amide bonds. The summed E-state index contributed by atoms with van der Waals surface area (Å²) in [7, 11) is -3.60. The number of hydrogen-bond acceptors (Lipinski definition) is 4. The summed E-state index contributed by atoms with van der Waals surface area (Å²) in [5.74, 6) is -0.115. The highest BCUT2D eigenvalue weighted by molar-refractivity contribution is 7.89. The Morgan fingerprint density at radius 2 is 1.76 bits per heavy atom. The Labute approximate surface area is 181 Å². The second kappa shape index (κ2) is 9.45. The first-order valence-electron chi connectivity index (χ1n) is 9.30. The minimum Gasteiger partial charge on any atom is -0.351 e. The summed E-state index contributed by atoms with van der Waals surface area (Å²) in [6, 6.07) is 13.3. The third kappa shape index (κ3) is 5.29. The predicted octanol–water partition coefficient (Wildman–Crippen LogP) is 3.00. The maximum atomic E-state index is 12.8. The topological polar surface area (TPSA) is 69.7 Å². The number of nitrogens with zero attached hydrogens (tertiary/aromatic N) is 2. The highest BCUT2D eigenvalue weighted by atomic mass is 35.5. The van der Waals surface area contributed by atoms with Gasteiger partial charge in [-0.25, -0.2) is 8.42 Å². The largest absolute Gasteiger partial charge is 0.351 e. The third-order valence-corrected chi connectivity index (χ3v) is 7.54. The molecule has 1 aliphatic heterocycles. The molecule has 2 aromatic rings. The van der Waals surface area contributed by atoms with Crippen molar-refractivity contribution in [2.75, 3.05) is 26.2 Å². The zero-order valence-corrected chi connectivity index (χ0v) is 18.3. The van der Waals surface area contributed by atoms with Crippen LogP contribution in [0.5, 0.6) is 0 Å². The van der Waals surface area contributed by atoms with Crippen LogP contribution in [0.1, 0.15) is 12.5 Å². The molecule has 6 nitrogen and oxygen atoms in total. The number of amides is 1. The molecule has 1 heterocycles. The molecule has 156 valence electrons. The van der Waals surface area contributed by atoms with Crippen molar-refractivity contribution in [1.29, 1.82) is 0 Å². The van der Waals surface area contributed by atoms with E-state index in [0.717, 1.165) is 5.56 Å². The number of carbonyl (C=O) groups excluding carboxylic acids is 1. The predicted molar refractivity (Wildman–Crippen MR) is 115 cm³/mol. The van der Waals surface area contributed by atoms with Crippen LogP contribution in [0.25, 0.3) is 0 Å². The lowest BCUT2D eigenvalue weighted by molar-refractivity contribution is -0.126. The fourth-order valence-corrected chi connectivity index (χ4v) is 5.17. The summed E-state index contributed by atoms with van der Waals surface area (Å²) < 4.78 is 27.0. The van der Waals surface area contributed by atoms with E-state index in [1.807, 2.05) is 30.0 Å². The Kier molecular flexibility index (Phi) is 7.19. The molecule has 2 aromatic carbocycles. The van der Waals surface area contributed by atoms with Gasteiger partial charge >= 0.3 is 0 Å². The molecule has 0 spiro atoms. The lowest BCUT2D eigenvalue weighted by Gasteiger charge is -2.36. The Bertz CT molecular complexity index is 976. The van der Waals surface area contributed by atoms with Crippen LogP contribution >= 0.6 is 23.2 Å². The van der Waals surface area contributed by atoms with Crippen molar-refractivity contribution in [2.24, 2.45) is 0 Å². The van der Waals surface area contributed by atoms with Crippen LogP contribution < -0.4 is 5.32 Å². The number of nitrogens with one attached hydrogen (secondary N) is 1.